The summed E-state index contributed by atoms with van der Waals surface area (Å²) in [7, 11) is 0. The third-order valence-corrected chi connectivity index (χ3v) is 2.99. The average Bonchev–Trinajstić information content (AvgIpc) is 2.16. The topological polar surface area (TPSA) is 43.1 Å². The molecule has 0 spiro atoms. The molecular formula is C13H18FNO. The van der Waals surface area contributed by atoms with Crippen molar-refractivity contribution in [3.63, 3.8) is 0 Å². The Morgan fingerprint density at radius 1 is 1.38 bits per heavy atom. The van der Waals surface area contributed by atoms with Crippen LogP contribution in [0.2, 0.25) is 0 Å². The molecule has 0 saturated carbocycles. The van der Waals surface area contributed by atoms with Crippen molar-refractivity contribution in [2.45, 2.75) is 27.2 Å². The summed E-state index contributed by atoms with van der Waals surface area (Å²) < 4.78 is 13.5. The molecule has 0 heterocycles. The maximum absolute atomic E-state index is 13.5. The number of carbonyl (C=O) groups excluding carboxylic acids is 1. The summed E-state index contributed by atoms with van der Waals surface area (Å²) in [5, 5.41) is 0. The van der Waals surface area contributed by atoms with Gasteiger partial charge < -0.3 is 5.73 Å². The lowest BCUT2D eigenvalue weighted by Gasteiger charge is -2.15. The predicted octanol–water partition coefficient (Wildman–Crippen LogP) is 2.76. The lowest BCUT2D eigenvalue weighted by Crippen LogP contribution is -2.14. The van der Waals surface area contributed by atoms with E-state index < -0.39 is 11.7 Å². The van der Waals surface area contributed by atoms with Crippen molar-refractivity contribution < 1.29 is 9.18 Å². The first-order valence-electron chi connectivity index (χ1n) is 5.50. The Bertz CT molecular complexity index is 388. The number of hydrogen-bond donors (Lipinski definition) is 1. The van der Waals surface area contributed by atoms with E-state index in [1.807, 2.05) is 0 Å². The van der Waals surface area contributed by atoms with E-state index in [0.29, 0.717) is 11.8 Å². The highest BCUT2D eigenvalue weighted by Gasteiger charge is 2.12. The van der Waals surface area contributed by atoms with Gasteiger partial charge in [-0.15, -0.1) is 0 Å². The van der Waals surface area contributed by atoms with Crippen LogP contribution in [0.3, 0.4) is 0 Å². The normalized spacial score (nSPS) is 12.8. The summed E-state index contributed by atoms with van der Waals surface area (Å²) in [6.07, 6.45) is 0.813. The van der Waals surface area contributed by atoms with Crippen molar-refractivity contribution in [1.82, 2.24) is 0 Å². The standard InChI is InChI=1S/C13H18FNO/c1-8(2)9(3)6-10-4-5-11(13(15)16)12(14)7-10/h4-5,7-9H,6H2,1-3H3,(H2,15,16). The van der Waals surface area contributed by atoms with Gasteiger partial charge in [-0.3, -0.25) is 4.79 Å². The van der Waals surface area contributed by atoms with Crippen LogP contribution in [0.1, 0.15) is 36.7 Å². The molecule has 1 aromatic carbocycles. The Hall–Kier alpha value is -1.38. The highest BCUT2D eigenvalue weighted by molar-refractivity contribution is 5.93. The Morgan fingerprint density at radius 3 is 2.44 bits per heavy atom. The van der Waals surface area contributed by atoms with Gasteiger partial charge in [0, 0.05) is 0 Å². The number of carbonyl (C=O) groups is 1. The molecule has 2 nitrogen and oxygen atoms in total. The molecule has 0 saturated heterocycles. The molecule has 1 amide bonds. The van der Waals surface area contributed by atoms with Crippen LogP contribution in [-0.4, -0.2) is 5.91 Å². The summed E-state index contributed by atoms with van der Waals surface area (Å²) in [6, 6.07) is 4.63. The van der Waals surface area contributed by atoms with Gasteiger partial charge in [0.25, 0.3) is 5.91 Å². The van der Waals surface area contributed by atoms with Gasteiger partial charge in [-0.25, -0.2) is 4.39 Å². The van der Waals surface area contributed by atoms with Gasteiger partial charge in [-0.1, -0.05) is 26.8 Å². The molecule has 0 radical (unpaired) electrons. The first-order valence-corrected chi connectivity index (χ1v) is 5.50. The lowest BCUT2D eigenvalue weighted by molar-refractivity contribution is 0.0996. The zero-order chi connectivity index (χ0) is 12.3. The SMILES string of the molecule is CC(C)C(C)Cc1ccc(C(N)=O)c(F)c1. The fraction of sp³-hybridized carbons (Fsp3) is 0.462. The molecule has 1 rings (SSSR count). The van der Waals surface area contributed by atoms with Crippen molar-refractivity contribution in [3.8, 4) is 0 Å². The van der Waals surface area contributed by atoms with Crippen molar-refractivity contribution in [1.29, 1.82) is 0 Å². The van der Waals surface area contributed by atoms with E-state index in [9.17, 15) is 9.18 Å². The molecule has 0 aliphatic heterocycles. The number of hydrogen-bond acceptors (Lipinski definition) is 1. The molecule has 0 aliphatic carbocycles. The zero-order valence-corrected chi connectivity index (χ0v) is 9.96. The monoisotopic (exact) mass is 223 g/mol. The summed E-state index contributed by atoms with van der Waals surface area (Å²) in [6.45, 7) is 6.40. The Kier molecular flexibility index (Phi) is 4.05. The molecule has 1 aromatic rings. The van der Waals surface area contributed by atoms with Gasteiger partial charge >= 0.3 is 0 Å². The Balaban J connectivity index is 2.85. The highest BCUT2D eigenvalue weighted by Crippen LogP contribution is 2.18. The van der Waals surface area contributed by atoms with Crippen LogP contribution in [0.25, 0.3) is 0 Å². The molecule has 0 aliphatic rings. The van der Waals surface area contributed by atoms with Gasteiger partial charge in [0.15, 0.2) is 0 Å². The maximum atomic E-state index is 13.5. The third kappa shape index (κ3) is 3.05. The van der Waals surface area contributed by atoms with Crippen LogP contribution in [0, 0.1) is 17.7 Å². The second-order valence-corrected chi connectivity index (χ2v) is 4.60. The molecule has 1 unspecified atom stereocenters. The molecule has 1 atom stereocenters. The number of halogens is 1. The summed E-state index contributed by atoms with van der Waals surface area (Å²) >= 11 is 0. The predicted molar refractivity (Wildman–Crippen MR) is 62.6 cm³/mol. The van der Waals surface area contributed by atoms with Gasteiger partial charge in [-0.05, 0) is 36.0 Å². The molecule has 0 bridgehead atoms. The summed E-state index contributed by atoms with van der Waals surface area (Å²) in [5.74, 6) is -0.209. The van der Waals surface area contributed by atoms with Crippen molar-refractivity contribution in [2.24, 2.45) is 17.6 Å². The minimum Gasteiger partial charge on any atom is -0.366 e. The number of rotatable bonds is 4. The summed E-state index contributed by atoms with van der Waals surface area (Å²) in [5.41, 5.74) is 5.90. The van der Waals surface area contributed by atoms with E-state index >= 15 is 0 Å². The van der Waals surface area contributed by atoms with Gasteiger partial charge in [-0.2, -0.15) is 0 Å². The first kappa shape index (κ1) is 12.7. The quantitative estimate of drug-likeness (QED) is 0.838. The fourth-order valence-electron chi connectivity index (χ4n) is 1.49. The molecule has 2 N–H and O–H groups in total. The van der Waals surface area contributed by atoms with Crippen LogP contribution in [0.4, 0.5) is 4.39 Å². The van der Waals surface area contributed by atoms with E-state index in [4.69, 9.17) is 5.73 Å². The van der Waals surface area contributed by atoms with E-state index in [0.717, 1.165) is 12.0 Å². The lowest BCUT2D eigenvalue weighted by atomic mass is 9.91. The first-order chi connectivity index (χ1) is 7.41. The Labute approximate surface area is 95.7 Å². The molecule has 0 fully saturated rings. The van der Waals surface area contributed by atoms with Gasteiger partial charge in [0.1, 0.15) is 5.82 Å². The third-order valence-electron chi connectivity index (χ3n) is 2.99. The zero-order valence-electron chi connectivity index (χ0n) is 9.96. The largest absolute Gasteiger partial charge is 0.366 e. The second kappa shape index (κ2) is 5.10. The number of benzene rings is 1. The molecule has 0 aromatic heterocycles. The number of primary amides is 1. The smallest absolute Gasteiger partial charge is 0.251 e. The molecule has 88 valence electrons. The van der Waals surface area contributed by atoms with Gasteiger partial charge in [0.05, 0.1) is 5.56 Å². The van der Waals surface area contributed by atoms with Crippen LogP contribution in [-0.2, 0) is 6.42 Å². The van der Waals surface area contributed by atoms with E-state index in [1.165, 1.54) is 12.1 Å². The van der Waals surface area contributed by atoms with Gasteiger partial charge in [0.2, 0.25) is 0 Å². The van der Waals surface area contributed by atoms with Crippen molar-refractivity contribution >= 4 is 5.91 Å². The van der Waals surface area contributed by atoms with E-state index in [-0.39, 0.29) is 5.56 Å². The van der Waals surface area contributed by atoms with E-state index in [1.54, 1.807) is 6.07 Å². The minimum atomic E-state index is -0.721. The molecular weight excluding hydrogens is 205 g/mol. The minimum absolute atomic E-state index is 0.0408. The number of nitrogens with two attached hydrogens (primary N) is 1. The fourth-order valence-corrected chi connectivity index (χ4v) is 1.49. The van der Waals surface area contributed by atoms with Crippen LogP contribution < -0.4 is 5.73 Å². The second-order valence-electron chi connectivity index (χ2n) is 4.60. The van der Waals surface area contributed by atoms with Crippen LogP contribution in [0.15, 0.2) is 18.2 Å². The molecule has 3 heteroatoms. The van der Waals surface area contributed by atoms with Crippen LogP contribution in [0.5, 0.6) is 0 Å². The number of amides is 1. The summed E-state index contributed by atoms with van der Waals surface area (Å²) in [4.78, 5) is 10.8. The van der Waals surface area contributed by atoms with Crippen molar-refractivity contribution in [2.75, 3.05) is 0 Å². The highest BCUT2D eigenvalue weighted by atomic mass is 19.1. The van der Waals surface area contributed by atoms with Crippen molar-refractivity contribution in [3.05, 3.63) is 35.1 Å². The van der Waals surface area contributed by atoms with E-state index in [2.05, 4.69) is 20.8 Å². The maximum Gasteiger partial charge on any atom is 0.251 e. The molecule has 16 heavy (non-hydrogen) atoms. The Morgan fingerprint density at radius 2 is 2.00 bits per heavy atom. The average molecular weight is 223 g/mol. The van der Waals surface area contributed by atoms with Crippen LogP contribution >= 0.6 is 0 Å².